The molecule has 1 aromatic heterocycles. The number of esters is 1. The fraction of sp³-hybridized carbons (Fsp3) is 0.286. The molecule has 1 heterocycles. The van der Waals surface area contributed by atoms with Gasteiger partial charge in [0.2, 0.25) is 5.76 Å². The number of aryl methyl sites for hydroxylation is 2. The first-order valence-electron chi connectivity index (χ1n) is 6.57. The topological polar surface area (TPSA) is 98.5 Å². The van der Waals surface area contributed by atoms with Gasteiger partial charge in [-0.05, 0) is 32.9 Å². The van der Waals surface area contributed by atoms with E-state index in [1.165, 1.54) is 19.1 Å². The largest absolute Gasteiger partial charge is 0.460 e. The second-order valence-corrected chi connectivity index (χ2v) is 6.25. The number of carbonyl (C=O) groups excluding carboxylic acids is 1. The van der Waals surface area contributed by atoms with Gasteiger partial charge in [0, 0.05) is 0 Å². The summed E-state index contributed by atoms with van der Waals surface area (Å²) in [5.74, 6) is -0.809. The van der Waals surface area contributed by atoms with Gasteiger partial charge in [0.05, 0.1) is 17.2 Å². The number of hydrogen-bond donors (Lipinski definition) is 1. The van der Waals surface area contributed by atoms with Gasteiger partial charge in [0.1, 0.15) is 0 Å². The third-order valence-corrected chi connectivity index (χ3v) is 4.15. The first-order chi connectivity index (χ1) is 10.3. The molecule has 0 aliphatic carbocycles. The number of hydrogen-bond acceptors (Lipinski definition) is 6. The van der Waals surface area contributed by atoms with Gasteiger partial charge in [-0.2, -0.15) is 4.98 Å². The van der Waals surface area contributed by atoms with Crippen LogP contribution in [0.5, 0.6) is 0 Å². The van der Waals surface area contributed by atoms with E-state index in [2.05, 4.69) is 9.71 Å². The molecule has 22 heavy (non-hydrogen) atoms. The van der Waals surface area contributed by atoms with Gasteiger partial charge in [0.15, 0.2) is 0 Å². The highest BCUT2D eigenvalue weighted by molar-refractivity contribution is 7.92. The Morgan fingerprint density at radius 2 is 1.91 bits per heavy atom. The molecule has 2 aromatic rings. The number of nitrogens with zero attached hydrogens (tertiary/aromatic N) is 1. The van der Waals surface area contributed by atoms with Gasteiger partial charge in [-0.15, -0.1) is 0 Å². The van der Waals surface area contributed by atoms with Gasteiger partial charge in [-0.1, -0.05) is 17.7 Å². The Morgan fingerprint density at radius 3 is 2.50 bits per heavy atom. The highest BCUT2D eigenvalue weighted by Crippen LogP contribution is 2.19. The average molecular weight is 324 g/mol. The summed E-state index contributed by atoms with van der Waals surface area (Å²) in [5.41, 5.74) is 1.19. The van der Waals surface area contributed by atoms with E-state index in [1.54, 1.807) is 19.1 Å². The maximum atomic E-state index is 12.2. The van der Waals surface area contributed by atoms with E-state index >= 15 is 0 Å². The predicted octanol–water partition coefficient (Wildman–Crippen LogP) is 2.27. The molecule has 118 valence electrons. The molecule has 0 amide bonds. The van der Waals surface area contributed by atoms with E-state index in [-0.39, 0.29) is 29.0 Å². The maximum Gasteiger partial charge on any atom is 0.376 e. The van der Waals surface area contributed by atoms with Crippen molar-refractivity contribution < 1.29 is 22.4 Å². The Morgan fingerprint density at radius 1 is 1.27 bits per heavy atom. The molecule has 1 aromatic carbocycles. The number of nitrogens with one attached hydrogen (secondary N) is 1. The second-order valence-electron chi connectivity index (χ2n) is 4.57. The minimum absolute atomic E-state index is 0.0756. The molecule has 0 unspecified atom stereocenters. The second kappa shape index (κ2) is 6.18. The number of ether oxygens (including phenoxy) is 1. The molecule has 0 aliphatic rings. The van der Waals surface area contributed by atoms with Crippen LogP contribution < -0.4 is 4.72 Å². The Balaban J connectivity index is 2.25. The van der Waals surface area contributed by atoms with Crippen LogP contribution in [-0.2, 0) is 14.8 Å². The van der Waals surface area contributed by atoms with Crippen molar-refractivity contribution in [2.24, 2.45) is 0 Å². The van der Waals surface area contributed by atoms with Crippen LogP contribution in [0.3, 0.4) is 0 Å². The zero-order valence-electron chi connectivity index (χ0n) is 12.4. The van der Waals surface area contributed by atoms with Crippen LogP contribution >= 0.6 is 0 Å². The lowest BCUT2D eigenvalue weighted by molar-refractivity contribution is 0.0490. The molecule has 0 fully saturated rings. The minimum atomic E-state index is -3.83. The molecule has 0 radical (unpaired) electrons. The molecule has 0 atom stereocenters. The molecule has 0 aliphatic heterocycles. The van der Waals surface area contributed by atoms with Crippen molar-refractivity contribution in [3.8, 4) is 0 Å². The zero-order chi connectivity index (χ0) is 16.3. The lowest BCUT2D eigenvalue weighted by Crippen LogP contribution is -2.13. The number of aromatic nitrogens is 1. The first-order valence-corrected chi connectivity index (χ1v) is 8.06. The number of anilines is 1. The molecule has 0 saturated carbocycles. The van der Waals surface area contributed by atoms with Crippen molar-refractivity contribution in [3.63, 3.8) is 0 Å². The fourth-order valence-corrected chi connectivity index (χ4v) is 2.65. The summed E-state index contributed by atoms with van der Waals surface area (Å²) >= 11 is 0. The standard InChI is InChI=1S/C14H16N2O5S/c1-4-20-13(17)12-10(3)15-14(21-12)16-22(18,19)11-7-5-9(2)6-8-11/h5-8H,4H2,1-3H3,(H,15,16). The predicted molar refractivity (Wildman–Crippen MR) is 79.2 cm³/mol. The van der Waals surface area contributed by atoms with Gasteiger partial charge < -0.3 is 9.15 Å². The van der Waals surface area contributed by atoms with Crippen LogP contribution in [0.1, 0.15) is 28.7 Å². The normalized spacial score (nSPS) is 11.2. The smallest absolute Gasteiger partial charge is 0.376 e. The Bertz CT molecular complexity index is 778. The van der Waals surface area contributed by atoms with Crippen LogP contribution in [0.15, 0.2) is 33.6 Å². The number of benzene rings is 1. The maximum absolute atomic E-state index is 12.2. The Kier molecular flexibility index (Phi) is 4.51. The van der Waals surface area contributed by atoms with Gasteiger partial charge in [-0.25, -0.2) is 17.9 Å². The summed E-state index contributed by atoms with van der Waals surface area (Å²) < 4.78 is 36.5. The van der Waals surface area contributed by atoms with Gasteiger partial charge in [0.25, 0.3) is 10.0 Å². The molecular weight excluding hydrogens is 308 g/mol. The van der Waals surface area contributed by atoms with Crippen LogP contribution in [0.4, 0.5) is 6.01 Å². The third kappa shape index (κ3) is 3.45. The van der Waals surface area contributed by atoms with Crippen molar-refractivity contribution >= 4 is 22.0 Å². The zero-order valence-corrected chi connectivity index (χ0v) is 13.2. The fourth-order valence-electron chi connectivity index (χ4n) is 1.72. The van der Waals surface area contributed by atoms with Crippen molar-refractivity contribution in [2.45, 2.75) is 25.7 Å². The summed E-state index contributed by atoms with van der Waals surface area (Å²) in [6, 6.07) is 6.03. The molecule has 8 heteroatoms. The number of carbonyl (C=O) groups is 1. The SMILES string of the molecule is CCOC(=O)c1oc(NS(=O)(=O)c2ccc(C)cc2)nc1C. The van der Waals surface area contributed by atoms with Gasteiger partial charge in [-0.3, -0.25) is 0 Å². The summed E-state index contributed by atoms with van der Waals surface area (Å²) in [6.07, 6.45) is 0. The van der Waals surface area contributed by atoms with Crippen LogP contribution in [0.2, 0.25) is 0 Å². The number of sulfonamides is 1. The summed E-state index contributed by atoms with van der Waals surface area (Å²) in [5, 5.41) is 0. The van der Waals surface area contributed by atoms with E-state index in [4.69, 9.17) is 9.15 Å². The molecule has 0 saturated heterocycles. The molecule has 0 spiro atoms. The summed E-state index contributed by atoms with van der Waals surface area (Å²) in [7, 11) is -3.83. The lowest BCUT2D eigenvalue weighted by atomic mass is 10.2. The van der Waals surface area contributed by atoms with Crippen LogP contribution in [0.25, 0.3) is 0 Å². The monoisotopic (exact) mass is 324 g/mol. The van der Waals surface area contributed by atoms with Crippen LogP contribution in [-0.4, -0.2) is 26.0 Å². The van der Waals surface area contributed by atoms with Crippen molar-refractivity contribution in [1.82, 2.24) is 4.98 Å². The van der Waals surface area contributed by atoms with Crippen molar-refractivity contribution in [2.75, 3.05) is 11.3 Å². The molecular formula is C14H16N2O5S. The van der Waals surface area contributed by atoms with E-state index in [0.717, 1.165) is 5.56 Å². The first kappa shape index (κ1) is 16.0. The summed E-state index contributed by atoms with van der Waals surface area (Å²) in [6.45, 7) is 5.22. The summed E-state index contributed by atoms with van der Waals surface area (Å²) in [4.78, 5) is 15.6. The van der Waals surface area contributed by atoms with Crippen molar-refractivity contribution in [1.29, 1.82) is 0 Å². The molecule has 2 rings (SSSR count). The number of rotatable bonds is 5. The minimum Gasteiger partial charge on any atom is -0.460 e. The van der Waals surface area contributed by atoms with E-state index in [9.17, 15) is 13.2 Å². The average Bonchev–Trinajstić information content (AvgIpc) is 2.79. The quantitative estimate of drug-likeness (QED) is 0.847. The van der Waals surface area contributed by atoms with Crippen molar-refractivity contribution in [3.05, 3.63) is 41.3 Å². The highest BCUT2D eigenvalue weighted by Gasteiger charge is 2.22. The van der Waals surface area contributed by atoms with E-state index < -0.39 is 16.0 Å². The third-order valence-electron chi connectivity index (χ3n) is 2.81. The Labute approximate surface area is 128 Å². The van der Waals surface area contributed by atoms with E-state index in [1.807, 2.05) is 6.92 Å². The number of oxazole rings is 1. The molecule has 0 bridgehead atoms. The lowest BCUT2D eigenvalue weighted by Gasteiger charge is -2.04. The molecule has 7 nitrogen and oxygen atoms in total. The van der Waals surface area contributed by atoms with E-state index in [0.29, 0.717) is 0 Å². The molecule has 1 N–H and O–H groups in total. The highest BCUT2D eigenvalue weighted by atomic mass is 32.2. The Hall–Kier alpha value is -2.35. The van der Waals surface area contributed by atoms with Gasteiger partial charge >= 0.3 is 12.0 Å². The van der Waals surface area contributed by atoms with Crippen LogP contribution in [0, 0.1) is 13.8 Å².